The summed E-state index contributed by atoms with van der Waals surface area (Å²) in [5.41, 5.74) is 7.09. The maximum Gasteiger partial charge on any atom is 0.253 e. The van der Waals surface area contributed by atoms with Crippen LogP contribution in [0.1, 0.15) is 16.1 Å². The van der Waals surface area contributed by atoms with E-state index in [0.717, 1.165) is 5.69 Å². The SMILES string of the molecule is Nc1c(Cl)cccc1C(=O)NCc1ccncn1. The Balaban J connectivity index is 2.07. The molecule has 0 atom stereocenters. The van der Waals surface area contributed by atoms with Crippen molar-refractivity contribution in [1.29, 1.82) is 0 Å². The van der Waals surface area contributed by atoms with Crippen molar-refractivity contribution in [2.24, 2.45) is 0 Å². The molecule has 18 heavy (non-hydrogen) atoms. The quantitative estimate of drug-likeness (QED) is 0.824. The summed E-state index contributed by atoms with van der Waals surface area (Å²) in [4.78, 5) is 19.7. The van der Waals surface area contributed by atoms with Gasteiger partial charge in [-0.15, -0.1) is 0 Å². The second-order valence-corrected chi connectivity index (χ2v) is 3.99. The molecule has 6 heteroatoms. The molecule has 0 aliphatic carbocycles. The predicted octanol–water partition coefficient (Wildman–Crippen LogP) is 1.64. The van der Waals surface area contributed by atoms with Crippen LogP contribution >= 0.6 is 11.6 Å². The first-order chi connectivity index (χ1) is 8.68. The highest BCUT2D eigenvalue weighted by molar-refractivity contribution is 6.33. The molecule has 5 nitrogen and oxygen atoms in total. The average molecular weight is 263 g/mol. The summed E-state index contributed by atoms with van der Waals surface area (Å²) in [6.45, 7) is 0.313. The fraction of sp³-hybridized carbons (Fsp3) is 0.0833. The number of hydrogen-bond acceptors (Lipinski definition) is 4. The van der Waals surface area contributed by atoms with Gasteiger partial charge in [0.25, 0.3) is 5.91 Å². The zero-order valence-electron chi connectivity index (χ0n) is 9.43. The molecular weight excluding hydrogens is 252 g/mol. The lowest BCUT2D eigenvalue weighted by Crippen LogP contribution is -2.24. The van der Waals surface area contributed by atoms with Crippen LogP contribution in [-0.2, 0) is 6.54 Å². The lowest BCUT2D eigenvalue weighted by molar-refractivity contribution is 0.0951. The van der Waals surface area contributed by atoms with Gasteiger partial charge in [0.15, 0.2) is 0 Å². The third-order valence-electron chi connectivity index (χ3n) is 2.37. The number of nitrogens with zero attached hydrogens (tertiary/aromatic N) is 2. The first kappa shape index (κ1) is 12.3. The number of hydrogen-bond donors (Lipinski definition) is 2. The van der Waals surface area contributed by atoms with Crippen LogP contribution in [0.2, 0.25) is 5.02 Å². The first-order valence-corrected chi connectivity index (χ1v) is 5.63. The number of carbonyl (C=O) groups excluding carboxylic acids is 1. The topological polar surface area (TPSA) is 80.9 Å². The van der Waals surface area contributed by atoms with Crippen LogP contribution in [0.3, 0.4) is 0 Å². The monoisotopic (exact) mass is 262 g/mol. The van der Waals surface area contributed by atoms with Crippen molar-refractivity contribution in [3.05, 3.63) is 53.1 Å². The van der Waals surface area contributed by atoms with Crippen LogP contribution in [0.25, 0.3) is 0 Å². The smallest absolute Gasteiger partial charge is 0.253 e. The molecule has 2 rings (SSSR count). The minimum absolute atomic E-state index is 0.277. The maximum atomic E-state index is 11.9. The highest BCUT2D eigenvalue weighted by Crippen LogP contribution is 2.22. The molecule has 0 saturated heterocycles. The van der Waals surface area contributed by atoms with E-state index in [9.17, 15) is 4.79 Å². The number of amides is 1. The van der Waals surface area contributed by atoms with Crippen LogP contribution in [0.4, 0.5) is 5.69 Å². The number of halogens is 1. The Morgan fingerprint density at radius 3 is 2.94 bits per heavy atom. The Morgan fingerprint density at radius 1 is 1.39 bits per heavy atom. The molecule has 1 heterocycles. The fourth-order valence-corrected chi connectivity index (χ4v) is 1.60. The van der Waals surface area contributed by atoms with Crippen LogP contribution in [0.5, 0.6) is 0 Å². The lowest BCUT2D eigenvalue weighted by Gasteiger charge is -2.07. The number of nitrogen functional groups attached to an aromatic ring is 1. The molecule has 3 N–H and O–H groups in total. The minimum atomic E-state index is -0.284. The van der Waals surface area contributed by atoms with Gasteiger partial charge in [-0.3, -0.25) is 4.79 Å². The normalized spacial score (nSPS) is 10.1. The molecule has 0 unspecified atom stereocenters. The van der Waals surface area contributed by atoms with Gasteiger partial charge in [-0.05, 0) is 18.2 Å². The number of aromatic nitrogens is 2. The van der Waals surface area contributed by atoms with Gasteiger partial charge in [-0.1, -0.05) is 17.7 Å². The summed E-state index contributed by atoms with van der Waals surface area (Å²) >= 11 is 5.85. The number of rotatable bonds is 3. The third kappa shape index (κ3) is 2.75. The summed E-state index contributed by atoms with van der Waals surface area (Å²) in [5.74, 6) is -0.284. The standard InChI is InChI=1S/C12H11ClN4O/c13-10-3-1-2-9(11(10)14)12(18)16-6-8-4-5-15-7-17-8/h1-5,7H,6,14H2,(H,16,18). The molecule has 0 saturated carbocycles. The molecular formula is C12H11ClN4O. The number of benzene rings is 1. The highest BCUT2D eigenvalue weighted by atomic mass is 35.5. The number of anilines is 1. The Hall–Kier alpha value is -2.14. The van der Waals surface area contributed by atoms with Crippen molar-refractivity contribution >= 4 is 23.2 Å². The van der Waals surface area contributed by atoms with Crippen LogP contribution in [-0.4, -0.2) is 15.9 Å². The first-order valence-electron chi connectivity index (χ1n) is 5.25. The van der Waals surface area contributed by atoms with Gasteiger partial charge in [0, 0.05) is 6.20 Å². The number of para-hydroxylation sites is 1. The molecule has 0 aliphatic rings. The van der Waals surface area contributed by atoms with E-state index in [4.69, 9.17) is 17.3 Å². The summed E-state index contributed by atoms with van der Waals surface area (Å²) in [6.07, 6.45) is 3.04. The Labute approximate surface area is 109 Å². The number of nitrogens with two attached hydrogens (primary N) is 1. The summed E-state index contributed by atoms with van der Waals surface area (Å²) < 4.78 is 0. The molecule has 0 fully saturated rings. The lowest BCUT2D eigenvalue weighted by atomic mass is 10.1. The van der Waals surface area contributed by atoms with Gasteiger partial charge < -0.3 is 11.1 Å². The Bertz CT molecular complexity index is 559. The number of nitrogens with one attached hydrogen (secondary N) is 1. The summed E-state index contributed by atoms with van der Waals surface area (Å²) in [6, 6.07) is 6.66. The summed E-state index contributed by atoms with van der Waals surface area (Å²) in [7, 11) is 0. The molecule has 1 amide bonds. The van der Waals surface area contributed by atoms with Crippen molar-refractivity contribution in [2.75, 3.05) is 5.73 Å². The van der Waals surface area contributed by atoms with Gasteiger partial charge in [-0.25, -0.2) is 9.97 Å². The van der Waals surface area contributed by atoms with E-state index in [2.05, 4.69) is 15.3 Å². The molecule has 1 aromatic heterocycles. The van der Waals surface area contributed by atoms with Gasteiger partial charge >= 0.3 is 0 Å². The van der Waals surface area contributed by atoms with Crippen LogP contribution in [0.15, 0.2) is 36.8 Å². The second-order valence-electron chi connectivity index (χ2n) is 3.58. The molecule has 0 spiro atoms. The average Bonchev–Trinajstić information content (AvgIpc) is 2.40. The Kier molecular flexibility index (Phi) is 3.74. The second kappa shape index (κ2) is 5.46. The zero-order chi connectivity index (χ0) is 13.0. The van der Waals surface area contributed by atoms with E-state index < -0.39 is 0 Å². The Morgan fingerprint density at radius 2 is 2.22 bits per heavy atom. The molecule has 2 aromatic rings. The van der Waals surface area contributed by atoms with Gasteiger partial charge in [0.05, 0.1) is 28.5 Å². The van der Waals surface area contributed by atoms with E-state index in [1.54, 1.807) is 30.5 Å². The third-order valence-corrected chi connectivity index (χ3v) is 2.70. The van der Waals surface area contributed by atoms with Crippen molar-refractivity contribution in [1.82, 2.24) is 15.3 Å². The molecule has 1 aromatic carbocycles. The zero-order valence-corrected chi connectivity index (χ0v) is 10.2. The molecule has 92 valence electrons. The van der Waals surface area contributed by atoms with E-state index >= 15 is 0 Å². The van der Waals surface area contributed by atoms with Gasteiger partial charge in [0.2, 0.25) is 0 Å². The van der Waals surface area contributed by atoms with E-state index in [0.29, 0.717) is 17.1 Å². The van der Waals surface area contributed by atoms with E-state index in [1.807, 2.05) is 0 Å². The fourth-order valence-electron chi connectivity index (χ4n) is 1.42. The molecule has 0 bridgehead atoms. The van der Waals surface area contributed by atoms with Crippen molar-refractivity contribution < 1.29 is 4.79 Å². The van der Waals surface area contributed by atoms with Crippen molar-refractivity contribution in [3.8, 4) is 0 Å². The van der Waals surface area contributed by atoms with E-state index in [-0.39, 0.29) is 11.6 Å². The van der Waals surface area contributed by atoms with Gasteiger partial charge in [0.1, 0.15) is 6.33 Å². The minimum Gasteiger partial charge on any atom is -0.397 e. The molecule has 0 aliphatic heterocycles. The van der Waals surface area contributed by atoms with Crippen molar-refractivity contribution in [2.45, 2.75) is 6.54 Å². The summed E-state index contributed by atoms with van der Waals surface area (Å²) in [5, 5.41) is 3.08. The van der Waals surface area contributed by atoms with Crippen molar-refractivity contribution in [3.63, 3.8) is 0 Å². The maximum absolute atomic E-state index is 11.9. The number of carbonyl (C=O) groups is 1. The van der Waals surface area contributed by atoms with Crippen LogP contribution in [0, 0.1) is 0 Å². The van der Waals surface area contributed by atoms with Crippen LogP contribution < -0.4 is 11.1 Å². The largest absolute Gasteiger partial charge is 0.397 e. The van der Waals surface area contributed by atoms with Gasteiger partial charge in [-0.2, -0.15) is 0 Å². The van der Waals surface area contributed by atoms with E-state index in [1.165, 1.54) is 6.33 Å². The molecule has 0 radical (unpaired) electrons. The predicted molar refractivity (Wildman–Crippen MR) is 69.1 cm³/mol. The highest BCUT2D eigenvalue weighted by Gasteiger charge is 2.11.